The van der Waals surface area contributed by atoms with E-state index in [0.29, 0.717) is 51.9 Å². The predicted molar refractivity (Wildman–Crippen MR) is 111 cm³/mol. The number of halogens is 2. The number of aromatic nitrogens is 4. The van der Waals surface area contributed by atoms with Gasteiger partial charge in [-0.3, -0.25) is 4.40 Å². The lowest BCUT2D eigenvalue weighted by Crippen LogP contribution is -2.14. The molecule has 1 aromatic carbocycles. The summed E-state index contributed by atoms with van der Waals surface area (Å²) in [5, 5.41) is 13.0. The Kier molecular flexibility index (Phi) is 5.47. The summed E-state index contributed by atoms with van der Waals surface area (Å²) < 4.78 is 7.63. The zero-order valence-corrected chi connectivity index (χ0v) is 16.5. The second kappa shape index (κ2) is 8.35. The molecule has 0 bridgehead atoms. The number of fused-ring (bicyclic) bond motifs is 1. The van der Waals surface area contributed by atoms with E-state index in [1.165, 1.54) is 6.20 Å². The summed E-state index contributed by atoms with van der Waals surface area (Å²) in [6.07, 6.45) is 4.97. The maximum Gasteiger partial charge on any atom is 0.302 e. The van der Waals surface area contributed by atoms with Crippen molar-refractivity contribution in [3.63, 3.8) is 0 Å². The lowest BCUT2D eigenvalue weighted by molar-refractivity contribution is 0.302. The summed E-state index contributed by atoms with van der Waals surface area (Å²) in [7, 11) is 0. The number of hydrogen-bond acceptors (Lipinski definition) is 6. The molecule has 4 aromatic rings. The molecule has 0 aliphatic carbocycles. The van der Waals surface area contributed by atoms with Crippen LogP contribution in [0, 0.1) is 11.3 Å². The molecule has 4 rings (SSSR count). The lowest BCUT2D eigenvalue weighted by atomic mass is 10.1. The molecule has 0 aliphatic rings. The van der Waals surface area contributed by atoms with Crippen molar-refractivity contribution in [1.82, 2.24) is 19.4 Å². The summed E-state index contributed by atoms with van der Waals surface area (Å²) in [6.45, 7) is 0.850. The molecule has 9 heteroatoms. The third-order valence-corrected chi connectivity index (χ3v) is 4.64. The quantitative estimate of drug-likeness (QED) is 0.459. The normalized spacial score (nSPS) is 10.7. The van der Waals surface area contributed by atoms with Crippen LogP contribution in [0.2, 0.25) is 10.0 Å². The van der Waals surface area contributed by atoms with Crippen LogP contribution in [0.1, 0.15) is 5.56 Å². The third kappa shape index (κ3) is 4.24. The number of imidazole rings is 1. The van der Waals surface area contributed by atoms with Crippen LogP contribution >= 0.6 is 23.2 Å². The van der Waals surface area contributed by atoms with Crippen LogP contribution in [0.25, 0.3) is 16.9 Å². The van der Waals surface area contributed by atoms with E-state index in [4.69, 9.17) is 33.2 Å². The number of anilines is 1. The molecular formula is C20H14Cl2N6O. The van der Waals surface area contributed by atoms with Crippen molar-refractivity contribution in [2.75, 3.05) is 18.5 Å². The smallest absolute Gasteiger partial charge is 0.302 e. The fourth-order valence-electron chi connectivity index (χ4n) is 2.72. The van der Waals surface area contributed by atoms with E-state index >= 15 is 0 Å². The minimum atomic E-state index is 0.347. The molecule has 0 spiro atoms. The van der Waals surface area contributed by atoms with Gasteiger partial charge in [0.15, 0.2) is 0 Å². The fourth-order valence-corrected chi connectivity index (χ4v) is 3.22. The van der Waals surface area contributed by atoms with Gasteiger partial charge in [-0.05, 0) is 30.3 Å². The summed E-state index contributed by atoms with van der Waals surface area (Å²) in [5.74, 6) is 0.662. The molecule has 0 saturated carbocycles. The van der Waals surface area contributed by atoms with E-state index in [-0.39, 0.29) is 0 Å². The number of benzene rings is 1. The van der Waals surface area contributed by atoms with Gasteiger partial charge in [0.25, 0.3) is 0 Å². The van der Waals surface area contributed by atoms with E-state index in [2.05, 4.69) is 20.3 Å². The SMILES string of the molecule is N#Cc1ccc(NCCOc2nc(-c3ccc(Cl)cc3Cl)cc3nccn23)nc1. The maximum absolute atomic E-state index is 8.81. The van der Waals surface area contributed by atoms with Gasteiger partial charge in [0.1, 0.15) is 24.1 Å². The van der Waals surface area contributed by atoms with Crippen molar-refractivity contribution in [2.24, 2.45) is 0 Å². The van der Waals surface area contributed by atoms with Crippen molar-refractivity contribution < 1.29 is 4.74 Å². The summed E-state index contributed by atoms with van der Waals surface area (Å²) >= 11 is 12.3. The first-order valence-electron chi connectivity index (χ1n) is 8.66. The lowest BCUT2D eigenvalue weighted by Gasteiger charge is -2.11. The third-order valence-electron chi connectivity index (χ3n) is 4.10. The molecule has 3 heterocycles. The molecule has 0 aliphatic heterocycles. The fraction of sp³-hybridized carbons (Fsp3) is 0.100. The van der Waals surface area contributed by atoms with Crippen LogP contribution in [-0.4, -0.2) is 32.5 Å². The Balaban J connectivity index is 1.50. The highest BCUT2D eigenvalue weighted by Gasteiger charge is 2.12. The summed E-state index contributed by atoms with van der Waals surface area (Å²) in [6, 6.07) is 13.0. The molecule has 1 N–H and O–H groups in total. The zero-order valence-electron chi connectivity index (χ0n) is 15.0. The van der Waals surface area contributed by atoms with E-state index in [0.717, 1.165) is 5.56 Å². The van der Waals surface area contributed by atoms with Crippen molar-refractivity contribution in [2.45, 2.75) is 0 Å². The highest BCUT2D eigenvalue weighted by molar-refractivity contribution is 6.36. The number of rotatable bonds is 6. The highest BCUT2D eigenvalue weighted by Crippen LogP contribution is 2.31. The van der Waals surface area contributed by atoms with Gasteiger partial charge in [0, 0.05) is 35.2 Å². The Morgan fingerprint density at radius 1 is 1.14 bits per heavy atom. The largest absolute Gasteiger partial charge is 0.463 e. The van der Waals surface area contributed by atoms with E-state index in [1.54, 1.807) is 41.1 Å². The molecule has 29 heavy (non-hydrogen) atoms. The monoisotopic (exact) mass is 424 g/mol. The Hall–Kier alpha value is -3.34. The molecule has 144 valence electrons. The Morgan fingerprint density at radius 3 is 2.79 bits per heavy atom. The number of pyridine rings is 1. The van der Waals surface area contributed by atoms with Crippen LogP contribution in [-0.2, 0) is 0 Å². The van der Waals surface area contributed by atoms with E-state index in [9.17, 15) is 0 Å². The zero-order chi connectivity index (χ0) is 20.2. The van der Waals surface area contributed by atoms with Crippen molar-refractivity contribution >= 4 is 34.7 Å². The van der Waals surface area contributed by atoms with Gasteiger partial charge in [-0.1, -0.05) is 23.2 Å². The van der Waals surface area contributed by atoms with Gasteiger partial charge >= 0.3 is 6.01 Å². The second-order valence-electron chi connectivity index (χ2n) is 6.02. The van der Waals surface area contributed by atoms with Crippen molar-refractivity contribution in [3.8, 4) is 23.3 Å². The van der Waals surface area contributed by atoms with Crippen molar-refractivity contribution in [1.29, 1.82) is 5.26 Å². The Bertz CT molecular complexity index is 1200. The summed E-state index contributed by atoms with van der Waals surface area (Å²) in [5.41, 5.74) is 2.59. The number of ether oxygens (including phenoxy) is 1. The number of nitrogens with zero attached hydrogens (tertiary/aromatic N) is 5. The highest BCUT2D eigenvalue weighted by atomic mass is 35.5. The van der Waals surface area contributed by atoms with Crippen molar-refractivity contribution in [3.05, 3.63) is 70.6 Å². The maximum atomic E-state index is 8.81. The van der Waals surface area contributed by atoms with E-state index in [1.807, 2.05) is 18.2 Å². The molecule has 0 fully saturated rings. The minimum absolute atomic E-state index is 0.347. The summed E-state index contributed by atoms with van der Waals surface area (Å²) in [4.78, 5) is 13.1. The molecular weight excluding hydrogens is 411 g/mol. The number of nitrogens with one attached hydrogen (secondary N) is 1. The van der Waals surface area contributed by atoms with Crippen LogP contribution in [0.3, 0.4) is 0 Å². The van der Waals surface area contributed by atoms with Gasteiger partial charge in [0.2, 0.25) is 0 Å². The molecule has 0 saturated heterocycles. The number of hydrogen-bond donors (Lipinski definition) is 1. The second-order valence-corrected chi connectivity index (χ2v) is 6.87. The first-order valence-corrected chi connectivity index (χ1v) is 9.42. The van der Waals surface area contributed by atoms with Crippen LogP contribution < -0.4 is 10.1 Å². The van der Waals surface area contributed by atoms with Crippen LogP contribution in [0.15, 0.2) is 55.0 Å². The van der Waals surface area contributed by atoms with Gasteiger partial charge < -0.3 is 10.1 Å². The van der Waals surface area contributed by atoms with Gasteiger partial charge in [-0.15, -0.1) is 0 Å². The predicted octanol–water partition coefficient (Wildman–Crippen LogP) is 4.46. The first-order chi connectivity index (χ1) is 14.1. The topological polar surface area (TPSA) is 88.1 Å². The van der Waals surface area contributed by atoms with Gasteiger partial charge in [0.05, 0.1) is 22.8 Å². The molecule has 0 atom stereocenters. The van der Waals surface area contributed by atoms with Gasteiger partial charge in [-0.25, -0.2) is 9.97 Å². The Morgan fingerprint density at radius 2 is 2.03 bits per heavy atom. The van der Waals surface area contributed by atoms with Gasteiger partial charge in [-0.2, -0.15) is 10.2 Å². The molecule has 3 aromatic heterocycles. The standard InChI is InChI=1S/C20H14Cl2N6O/c21-14-2-3-15(16(22)9-14)17-10-19-25-5-7-28(19)20(27-17)29-8-6-24-18-4-1-13(11-23)12-26-18/h1-5,7,9-10,12H,6,8H2,(H,24,26). The average molecular weight is 425 g/mol. The molecule has 0 unspecified atom stereocenters. The Labute approximate surface area is 176 Å². The minimum Gasteiger partial charge on any atom is -0.463 e. The number of nitriles is 1. The van der Waals surface area contributed by atoms with Crippen LogP contribution in [0.5, 0.6) is 6.01 Å². The van der Waals surface area contributed by atoms with E-state index < -0.39 is 0 Å². The molecule has 0 amide bonds. The average Bonchev–Trinajstić information content (AvgIpc) is 3.20. The first kappa shape index (κ1) is 19.0. The molecule has 7 nitrogen and oxygen atoms in total. The van der Waals surface area contributed by atoms with Crippen LogP contribution in [0.4, 0.5) is 5.82 Å². The molecule has 0 radical (unpaired) electrons.